The zero-order valence-electron chi connectivity index (χ0n) is 14.7. The summed E-state index contributed by atoms with van der Waals surface area (Å²) in [5, 5.41) is 8.22. The van der Waals surface area contributed by atoms with Crippen molar-refractivity contribution in [2.75, 3.05) is 16.0 Å². The average molecular weight is 400 g/mol. The topological polar surface area (TPSA) is 96.0 Å². The van der Waals surface area contributed by atoms with Gasteiger partial charge in [0.15, 0.2) is 0 Å². The van der Waals surface area contributed by atoms with Gasteiger partial charge < -0.3 is 16.0 Å². The van der Waals surface area contributed by atoms with E-state index in [1.54, 1.807) is 24.3 Å². The first-order chi connectivity index (χ1) is 13.4. The molecule has 0 bridgehead atoms. The molecule has 2 amide bonds. The lowest BCUT2D eigenvalue weighted by Crippen LogP contribution is -2.14. The molecular weight excluding hydrogens is 385 g/mol. The number of halogens is 2. The fraction of sp³-hybridized carbons (Fsp3) is 0.0526. The van der Waals surface area contributed by atoms with Gasteiger partial charge in [0.25, 0.3) is 5.91 Å². The van der Waals surface area contributed by atoms with E-state index in [1.807, 2.05) is 0 Å². The SMILES string of the molecule is CC(=O)Nc1cccc(Nc2cc(C(=O)Nc3ccc(F)c(Cl)c3)ncn2)c1. The minimum Gasteiger partial charge on any atom is -0.340 e. The summed E-state index contributed by atoms with van der Waals surface area (Å²) < 4.78 is 13.2. The third-order valence-electron chi connectivity index (χ3n) is 3.53. The van der Waals surface area contributed by atoms with E-state index in [2.05, 4.69) is 25.9 Å². The molecule has 0 saturated heterocycles. The second-order valence-corrected chi connectivity index (χ2v) is 6.17. The van der Waals surface area contributed by atoms with Gasteiger partial charge in [-0.05, 0) is 36.4 Å². The normalized spacial score (nSPS) is 10.2. The second kappa shape index (κ2) is 8.45. The van der Waals surface area contributed by atoms with Crippen LogP contribution in [0.25, 0.3) is 0 Å². The number of hydrogen-bond acceptors (Lipinski definition) is 5. The molecule has 0 aliphatic carbocycles. The van der Waals surface area contributed by atoms with Crippen LogP contribution in [-0.2, 0) is 4.79 Å². The van der Waals surface area contributed by atoms with Crippen molar-refractivity contribution in [3.63, 3.8) is 0 Å². The van der Waals surface area contributed by atoms with Crippen LogP contribution >= 0.6 is 11.6 Å². The van der Waals surface area contributed by atoms with Gasteiger partial charge in [-0.2, -0.15) is 0 Å². The van der Waals surface area contributed by atoms with Crippen molar-refractivity contribution in [2.24, 2.45) is 0 Å². The van der Waals surface area contributed by atoms with Crippen molar-refractivity contribution in [3.05, 3.63) is 71.4 Å². The molecule has 3 aromatic rings. The van der Waals surface area contributed by atoms with E-state index in [0.717, 1.165) is 6.07 Å². The molecule has 0 spiro atoms. The van der Waals surface area contributed by atoms with E-state index in [0.29, 0.717) is 22.9 Å². The molecule has 1 aromatic heterocycles. The largest absolute Gasteiger partial charge is 0.340 e. The summed E-state index contributed by atoms with van der Waals surface area (Å²) in [6, 6.07) is 12.4. The Bertz CT molecular complexity index is 1040. The van der Waals surface area contributed by atoms with E-state index in [1.165, 1.54) is 31.5 Å². The van der Waals surface area contributed by atoms with Crippen molar-refractivity contribution in [3.8, 4) is 0 Å². The number of amides is 2. The van der Waals surface area contributed by atoms with Gasteiger partial charge >= 0.3 is 0 Å². The highest BCUT2D eigenvalue weighted by atomic mass is 35.5. The molecule has 28 heavy (non-hydrogen) atoms. The number of carbonyl (C=O) groups excluding carboxylic acids is 2. The van der Waals surface area contributed by atoms with Crippen LogP contribution < -0.4 is 16.0 Å². The summed E-state index contributed by atoms with van der Waals surface area (Å²) in [4.78, 5) is 31.6. The highest BCUT2D eigenvalue weighted by Crippen LogP contribution is 2.21. The smallest absolute Gasteiger partial charge is 0.274 e. The van der Waals surface area contributed by atoms with Crippen LogP contribution in [0.1, 0.15) is 17.4 Å². The quantitative estimate of drug-likeness (QED) is 0.596. The summed E-state index contributed by atoms with van der Waals surface area (Å²) in [6.07, 6.45) is 1.24. The number of carbonyl (C=O) groups is 2. The first-order valence-corrected chi connectivity index (χ1v) is 8.51. The lowest BCUT2D eigenvalue weighted by Gasteiger charge is -2.09. The molecule has 2 aromatic carbocycles. The molecule has 0 radical (unpaired) electrons. The Morgan fingerprint density at radius 3 is 2.46 bits per heavy atom. The molecule has 0 aliphatic heterocycles. The molecule has 9 heteroatoms. The van der Waals surface area contributed by atoms with Gasteiger partial charge in [0.1, 0.15) is 23.7 Å². The fourth-order valence-corrected chi connectivity index (χ4v) is 2.53. The van der Waals surface area contributed by atoms with E-state index in [-0.39, 0.29) is 16.6 Å². The van der Waals surface area contributed by atoms with E-state index >= 15 is 0 Å². The van der Waals surface area contributed by atoms with Gasteiger partial charge in [-0.15, -0.1) is 0 Å². The van der Waals surface area contributed by atoms with Crippen molar-refractivity contribution in [2.45, 2.75) is 6.92 Å². The summed E-state index contributed by atoms with van der Waals surface area (Å²) in [5.41, 5.74) is 1.74. The number of anilines is 4. The minimum absolute atomic E-state index is 0.0955. The standard InChI is InChI=1S/C19H15ClFN5O2/c1-11(27)24-12-3-2-4-13(7-12)25-18-9-17(22-10-23-18)19(28)26-14-5-6-16(21)15(20)8-14/h2-10H,1H3,(H,24,27)(H,26,28)(H,22,23,25). The maximum absolute atomic E-state index is 13.2. The highest BCUT2D eigenvalue weighted by molar-refractivity contribution is 6.31. The van der Waals surface area contributed by atoms with Crippen LogP contribution in [0.5, 0.6) is 0 Å². The Labute approximate surface area is 165 Å². The van der Waals surface area contributed by atoms with Gasteiger partial charge in [-0.3, -0.25) is 9.59 Å². The third-order valence-corrected chi connectivity index (χ3v) is 3.82. The number of nitrogens with zero attached hydrogens (tertiary/aromatic N) is 2. The molecular formula is C19H15ClFN5O2. The molecule has 7 nitrogen and oxygen atoms in total. The van der Waals surface area contributed by atoms with Crippen molar-refractivity contribution in [1.29, 1.82) is 0 Å². The first kappa shape index (κ1) is 19.2. The first-order valence-electron chi connectivity index (χ1n) is 8.14. The van der Waals surface area contributed by atoms with Gasteiger partial charge in [0.2, 0.25) is 5.91 Å². The molecule has 0 unspecified atom stereocenters. The predicted octanol–water partition coefficient (Wildman–Crippen LogP) is 4.22. The van der Waals surface area contributed by atoms with Gasteiger partial charge in [0, 0.05) is 30.1 Å². The highest BCUT2D eigenvalue weighted by Gasteiger charge is 2.11. The van der Waals surface area contributed by atoms with Crippen LogP contribution in [0.2, 0.25) is 5.02 Å². The van der Waals surface area contributed by atoms with Crippen LogP contribution in [0.15, 0.2) is 54.9 Å². The molecule has 0 aliphatic rings. The van der Waals surface area contributed by atoms with Crippen molar-refractivity contribution < 1.29 is 14.0 Å². The molecule has 3 N–H and O–H groups in total. The van der Waals surface area contributed by atoms with Crippen molar-refractivity contribution >= 4 is 46.3 Å². The van der Waals surface area contributed by atoms with Gasteiger partial charge in [-0.1, -0.05) is 17.7 Å². The molecule has 3 rings (SSSR count). The van der Waals surface area contributed by atoms with Gasteiger partial charge in [-0.25, -0.2) is 14.4 Å². The molecule has 0 fully saturated rings. The number of nitrogens with one attached hydrogen (secondary N) is 3. The summed E-state index contributed by atoms with van der Waals surface area (Å²) in [7, 11) is 0. The number of benzene rings is 2. The Kier molecular flexibility index (Phi) is 5.81. The zero-order chi connectivity index (χ0) is 20.1. The third kappa shape index (κ3) is 5.01. The number of rotatable bonds is 5. The molecule has 0 saturated carbocycles. The zero-order valence-corrected chi connectivity index (χ0v) is 15.4. The Balaban J connectivity index is 1.73. The fourth-order valence-electron chi connectivity index (χ4n) is 2.34. The predicted molar refractivity (Wildman–Crippen MR) is 105 cm³/mol. The Hall–Kier alpha value is -3.52. The van der Waals surface area contributed by atoms with Crippen LogP contribution in [0, 0.1) is 5.82 Å². The van der Waals surface area contributed by atoms with E-state index in [9.17, 15) is 14.0 Å². The summed E-state index contributed by atoms with van der Waals surface area (Å²) in [6.45, 7) is 1.42. The minimum atomic E-state index is -0.574. The Morgan fingerprint density at radius 1 is 0.964 bits per heavy atom. The lowest BCUT2D eigenvalue weighted by molar-refractivity contribution is -0.114. The maximum atomic E-state index is 13.2. The summed E-state index contributed by atoms with van der Waals surface area (Å²) >= 11 is 5.71. The maximum Gasteiger partial charge on any atom is 0.274 e. The summed E-state index contributed by atoms with van der Waals surface area (Å²) in [5.74, 6) is -0.869. The molecule has 1 heterocycles. The van der Waals surface area contributed by atoms with E-state index < -0.39 is 11.7 Å². The average Bonchev–Trinajstić information content (AvgIpc) is 2.65. The van der Waals surface area contributed by atoms with Crippen molar-refractivity contribution in [1.82, 2.24) is 9.97 Å². The van der Waals surface area contributed by atoms with Crippen LogP contribution in [0.3, 0.4) is 0 Å². The van der Waals surface area contributed by atoms with Crippen LogP contribution in [0.4, 0.5) is 27.3 Å². The molecule has 142 valence electrons. The second-order valence-electron chi connectivity index (χ2n) is 5.76. The molecule has 0 atom stereocenters. The van der Waals surface area contributed by atoms with Crippen LogP contribution in [-0.4, -0.2) is 21.8 Å². The number of aromatic nitrogens is 2. The van der Waals surface area contributed by atoms with Gasteiger partial charge in [0.05, 0.1) is 5.02 Å². The Morgan fingerprint density at radius 2 is 1.71 bits per heavy atom. The lowest BCUT2D eigenvalue weighted by atomic mass is 10.2. The number of hydrogen-bond donors (Lipinski definition) is 3. The van der Waals surface area contributed by atoms with E-state index in [4.69, 9.17) is 11.6 Å². The monoisotopic (exact) mass is 399 g/mol.